The normalized spacial score (nSPS) is 28.7. The summed E-state index contributed by atoms with van der Waals surface area (Å²) >= 11 is 0. The van der Waals surface area contributed by atoms with E-state index in [-0.39, 0.29) is 0 Å². The highest BCUT2D eigenvalue weighted by Crippen LogP contribution is 2.15. The smallest absolute Gasteiger partial charge is 0.268 e. The first kappa shape index (κ1) is 8.95. The second-order valence-corrected chi connectivity index (χ2v) is 2.62. The lowest BCUT2D eigenvalue weighted by Gasteiger charge is -2.19. The molecule has 1 rings (SSSR count). The van der Waals surface area contributed by atoms with Crippen LogP contribution in [0, 0.1) is 0 Å². The molecule has 68 valence electrons. The third kappa shape index (κ3) is 1.39. The number of nitrogens with one attached hydrogen (secondary N) is 1. The van der Waals surface area contributed by atoms with Gasteiger partial charge < -0.3 is 10.0 Å². The molecule has 1 heterocycles. The van der Waals surface area contributed by atoms with E-state index in [1.165, 1.54) is 5.48 Å². The molecule has 0 bridgehead atoms. The summed E-state index contributed by atoms with van der Waals surface area (Å²) in [4.78, 5) is 22.4. The number of carbonyl (C=O) groups excluding carboxylic acids is 2. The van der Waals surface area contributed by atoms with Crippen molar-refractivity contribution in [2.75, 3.05) is 6.54 Å². The molecule has 6 heteroatoms. The van der Waals surface area contributed by atoms with E-state index < -0.39 is 18.1 Å². The van der Waals surface area contributed by atoms with Crippen LogP contribution in [-0.4, -0.2) is 46.2 Å². The largest absolute Gasteiger partial charge is 0.390 e. The van der Waals surface area contributed by atoms with Gasteiger partial charge in [-0.25, -0.2) is 5.48 Å². The van der Waals surface area contributed by atoms with Crippen molar-refractivity contribution in [1.82, 2.24) is 10.4 Å². The Bertz CT molecular complexity index is 196. The van der Waals surface area contributed by atoms with Crippen LogP contribution in [0.3, 0.4) is 0 Å². The van der Waals surface area contributed by atoms with Gasteiger partial charge >= 0.3 is 0 Å². The van der Waals surface area contributed by atoms with E-state index in [4.69, 9.17) is 5.21 Å². The fourth-order valence-electron chi connectivity index (χ4n) is 1.31. The number of nitrogens with zero attached hydrogens (tertiary/aromatic N) is 1. The molecule has 1 fully saturated rings. The van der Waals surface area contributed by atoms with Crippen LogP contribution in [0.1, 0.15) is 6.42 Å². The maximum absolute atomic E-state index is 10.9. The molecule has 1 aliphatic rings. The SMILES string of the molecule is O=CN1CCC(O)C1C(=O)NO. The van der Waals surface area contributed by atoms with E-state index in [1.807, 2.05) is 0 Å². The van der Waals surface area contributed by atoms with Crippen LogP contribution in [0.25, 0.3) is 0 Å². The molecule has 0 aromatic carbocycles. The minimum absolute atomic E-state index is 0.336. The molecule has 12 heavy (non-hydrogen) atoms. The maximum Gasteiger partial charge on any atom is 0.268 e. The average Bonchev–Trinajstić information content (AvgIpc) is 2.45. The van der Waals surface area contributed by atoms with Gasteiger partial charge in [-0.3, -0.25) is 14.8 Å². The third-order valence-electron chi connectivity index (χ3n) is 1.92. The Hall–Kier alpha value is -1.14. The Morgan fingerprint density at radius 2 is 2.33 bits per heavy atom. The van der Waals surface area contributed by atoms with Crippen molar-refractivity contribution >= 4 is 12.3 Å². The summed E-state index contributed by atoms with van der Waals surface area (Å²) in [5, 5.41) is 17.5. The molecule has 0 spiro atoms. The van der Waals surface area contributed by atoms with E-state index >= 15 is 0 Å². The fraction of sp³-hybridized carbons (Fsp3) is 0.667. The van der Waals surface area contributed by atoms with Crippen LogP contribution in [-0.2, 0) is 9.59 Å². The van der Waals surface area contributed by atoms with Crippen molar-refractivity contribution in [2.45, 2.75) is 18.6 Å². The first-order valence-electron chi connectivity index (χ1n) is 3.53. The third-order valence-corrected chi connectivity index (χ3v) is 1.92. The summed E-state index contributed by atoms with van der Waals surface area (Å²) in [5.41, 5.74) is 1.40. The minimum Gasteiger partial charge on any atom is -0.390 e. The molecule has 6 nitrogen and oxygen atoms in total. The number of carbonyl (C=O) groups is 2. The Kier molecular flexibility index (Phi) is 2.61. The van der Waals surface area contributed by atoms with E-state index in [2.05, 4.69) is 0 Å². The molecular weight excluding hydrogens is 164 g/mol. The number of aliphatic hydroxyl groups is 1. The van der Waals surface area contributed by atoms with E-state index in [0.717, 1.165) is 4.90 Å². The van der Waals surface area contributed by atoms with Crippen LogP contribution in [0.15, 0.2) is 0 Å². The van der Waals surface area contributed by atoms with Gasteiger partial charge in [0.05, 0.1) is 6.10 Å². The number of aliphatic hydroxyl groups excluding tert-OH is 1. The van der Waals surface area contributed by atoms with Gasteiger partial charge in [-0.2, -0.15) is 0 Å². The number of hydrogen-bond acceptors (Lipinski definition) is 4. The monoisotopic (exact) mass is 174 g/mol. The molecule has 0 aromatic heterocycles. The second-order valence-electron chi connectivity index (χ2n) is 2.62. The summed E-state index contributed by atoms with van der Waals surface area (Å²) in [6.07, 6.45) is -0.0465. The van der Waals surface area contributed by atoms with Gasteiger partial charge in [0, 0.05) is 6.54 Å². The summed E-state index contributed by atoms with van der Waals surface area (Å²) in [7, 11) is 0. The molecule has 3 N–H and O–H groups in total. The Morgan fingerprint density at radius 1 is 1.67 bits per heavy atom. The quantitative estimate of drug-likeness (QED) is 0.259. The lowest BCUT2D eigenvalue weighted by molar-refractivity contribution is -0.140. The van der Waals surface area contributed by atoms with Gasteiger partial charge in [0.1, 0.15) is 6.04 Å². The molecular formula is C6H10N2O4. The molecule has 1 saturated heterocycles. The van der Waals surface area contributed by atoms with E-state index in [0.29, 0.717) is 19.4 Å². The highest BCUT2D eigenvalue weighted by Gasteiger charge is 2.37. The predicted molar refractivity (Wildman–Crippen MR) is 37.1 cm³/mol. The highest BCUT2D eigenvalue weighted by molar-refractivity contribution is 5.83. The molecule has 2 unspecified atom stereocenters. The zero-order chi connectivity index (χ0) is 9.14. The van der Waals surface area contributed by atoms with Crippen molar-refractivity contribution in [3.8, 4) is 0 Å². The van der Waals surface area contributed by atoms with Crippen molar-refractivity contribution in [2.24, 2.45) is 0 Å². The summed E-state index contributed by atoms with van der Waals surface area (Å²) in [6.45, 7) is 0.336. The van der Waals surface area contributed by atoms with Gasteiger partial charge in [-0.1, -0.05) is 0 Å². The topological polar surface area (TPSA) is 89.9 Å². The van der Waals surface area contributed by atoms with Crippen LogP contribution in [0.5, 0.6) is 0 Å². The molecule has 0 aromatic rings. The number of likely N-dealkylation sites (tertiary alicyclic amines) is 1. The molecule has 2 atom stereocenters. The van der Waals surface area contributed by atoms with Crippen molar-refractivity contribution in [3.63, 3.8) is 0 Å². The lowest BCUT2D eigenvalue weighted by Crippen LogP contribution is -2.46. The fourth-order valence-corrected chi connectivity index (χ4v) is 1.31. The first-order valence-corrected chi connectivity index (χ1v) is 3.53. The van der Waals surface area contributed by atoms with Crippen LogP contribution >= 0.6 is 0 Å². The average molecular weight is 174 g/mol. The molecule has 2 amide bonds. The number of hydrogen-bond donors (Lipinski definition) is 3. The van der Waals surface area contributed by atoms with Crippen LogP contribution in [0.2, 0.25) is 0 Å². The van der Waals surface area contributed by atoms with Gasteiger partial charge in [0.25, 0.3) is 5.91 Å². The molecule has 0 radical (unpaired) electrons. The lowest BCUT2D eigenvalue weighted by atomic mass is 10.1. The van der Waals surface area contributed by atoms with E-state index in [1.54, 1.807) is 0 Å². The number of amides is 2. The zero-order valence-electron chi connectivity index (χ0n) is 6.30. The number of rotatable bonds is 2. The summed E-state index contributed by atoms with van der Waals surface area (Å²) in [5.74, 6) is -0.757. The predicted octanol–water partition coefficient (Wildman–Crippen LogP) is -1.92. The summed E-state index contributed by atoms with van der Waals surface area (Å²) in [6, 6.07) is -0.951. The molecule has 1 aliphatic heterocycles. The van der Waals surface area contributed by atoms with Crippen molar-refractivity contribution in [3.05, 3.63) is 0 Å². The Balaban J connectivity index is 2.69. The summed E-state index contributed by atoms with van der Waals surface area (Å²) < 4.78 is 0. The first-order chi connectivity index (χ1) is 5.70. The van der Waals surface area contributed by atoms with Crippen LogP contribution < -0.4 is 5.48 Å². The zero-order valence-corrected chi connectivity index (χ0v) is 6.30. The standard InChI is InChI=1S/C6H10N2O4/c9-3-8-2-1-4(10)5(8)6(11)7-12/h3-5,10,12H,1-2H2,(H,7,11). The molecule has 0 aliphatic carbocycles. The second kappa shape index (κ2) is 3.51. The van der Waals surface area contributed by atoms with Gasteiger partial charge in [-0.15, -0.1) is 0 Å². The Labute approximate surface area is 68.7 Å². The molecule has 0 saturated carbocycles. The van der Waals surface area contributed by atoms with Gasteiger partial charge in [0.2, 0.25) is 6.41 Å². The highest BCUT2D eigenvalue weighted by atomic mass is 16.5. The maximum atomic E-state index is 10.9. The van der Waals surface area contributed by atoms with Crippen LogP contribution in [0.4, 0.5) is 0 Å². The van der Waals surface area contributed by atoms with E-state index in [9.17, 15) is 14.7 Å². The Morgan fingerprint density at radius 3 is 2.83 bits per heavy atom. The number of hydroxylamine groups is 1. The van der Waals surface area contributed by atoms with Crippen molar-refractivity contribution in [1.29, 1.82) is 0 Å². The van der Waals surface area contributed by atoms with Gasteiger partial charge in [-0.05, 0) is 6.42 Å². The van der Waals surface area contributed by atoms with Crippen molar-refractivity contribution < 1.29 is 19.9 Å². The van der Waals surface area contributed by atoms with Gasteiger partial charge in [0.15, 0.2) is 0 Å². The minimum atomic E-state index is -0.951.